The number of carbonyl (C=O) groups is 2. The van der Waals surface area contributed by atoms with E-state index in [2.05, 4.69) is 30.9 Å². The number of aryl methyl sites for hydroxylation is 2. The third-order valence-corrected chi connectivity index (χ3v) is 10.00. The molecule has 55 heavy (non-hydrogen) atoms. The molecule has 0 bridgehead atoms. The lowest BCUT2D eigenvalue weighted by Gasteiger charge is -2.46. The van der Waals surface area contributed by atoms with Crippen LogP contribution in [0.2, 0.25) is 0 Å². The van der Waals surface area contributed by atoms with Crippen LogP contribution in [0.4, 0.5) is 29.3 Å². The summed E-state index contributed by atoms with van der Waals surface area (Å²) in [5.41, 5.74) is -0.717. The van der Waals surface area contributed by atoms with Gasteiger partial charge >= 0.3 is 12.3 Å². The first-order chi connectivity index (χ1) is 25.6. The molecule has 0 N–H and O–H groups in total. The highest BCUT2D eigenvalue weighted by molar-refractivity contribution is 7.81. The summed E-state index contributed by atoms with van der Waals surface area (Å²) < 4.78 is 53.1. The predicted molar refractivity (Wildman–Crippen MR) is 213 cm³/mol. The minimum Gasteiger partial charge on any atom is -0.492 e. The number of ether oxygens (including phenoxy) is 2. The van der Waals surface area contributed by atoms with Gasteiger partial charge in [-0.05, 0) is 123 Å². The van der Waals surface area contributed by atoms with Crippen LogP contribution in [0.3, 0.4) is 0 Å². The number of nitriles is 1. The van der Waals surface area contributed by atoms with Crippen LogP contribution in [-0.4, -0.2) is 75.9 Å². The number of anilines is 2. The largest absolute Gasteiger partial charge is 0.492 e. The van der Waals surface area contributed by atoms with E-state index in [1.807, 2.05) is 71.9 Å². The molecule has 13 heteroatoms. The number of alkyl halides is 3. The molecule has 3 aromatic carbocycles. The number of hydrogen-bond acceptors (Lipinski definition) is 7. The number of amides is 2. The first-order valence-corrected chi connectivity index (χ1v) is 18.8. The Labute approximate surface area is 328 Å². The first kappa shape index (κ1) is 43.1. The van der Waals surface area contributed by atoms with Gasteiger partial charge in [-0.2, -0.15) is 18.4 Å². The molecule has 5 rings (SSSR count). The molecule has 0 radical (unpaired) electrons. The Morgan fingerprint density at radius 3 is 2.11 bits per heavy atom. The molecule has 2 heterocycles. The Morgan fingerprint density at radius 2 is 1.60 bits per heavy atom. The maximum atomic E-state index is 13.7. The summed E-state index contributed by atoms with van der Waals surface area (Å²) in [5.74, 6) is 0.183. The van der Waals surface area contributed by atoms with Crippen LogP contribution in [0.1, 0.15) is 84.6 Å². The van der Waals surface area contributed by atoms with Crippen molar-refractivity contribution < 1.29 is 32.2 Å². The van der Waals surface area contributed by atoms with Crippen molar-refractivity contribution in [3.8, 4) is 11.8 Å². The molecule has 2 aliphatic rings. The van der Waals surface area contributed by atoms with Crippen LogP contribution in [0, 0.1) is 18.3 Å². The van der Waals surface area contributed by atoms with Crippen molar-refractivity contribution in [1.29, 1.82) is 5.26 Å². The topological polar surface area (TPSA) is 89.4 Å². The number of halogens is 3. The lowest BCUT2D eigenvalue weighted by atomic mass is 10.0. The van der Waals surface area contributed by atoms with Crippen molar-refractivity contribution >= 4 is 40.7 Å². The Bertz CT molecular complexity index is 1900. The van der Waals surface area contributed by atoms with Crippen molar-refractivity contribution in [2.45, 2.75) is 111 Å². The predicted octanol–water partition coefficient (Wildman–Crippen LogP) is 9.15. The fraction of sp³-hybridized carbons (Fsp3) is 0.476. The molecule has 296 valence electrons. The molecule has 0 aromatic heterocycles. The molecule has 2 fully saturated rings. The lowest BCUT2D eigenvalue weighted by molar-refractivity contribution is -0.137. The summed E-state index contributed by atoms with van der Waals surface area (Å²) >= 11 is 5.70. The Kier molecular flexibility index (Phi) is 13.3. The highest BCUT2D eigenvalue weighted by Gasteiger charge is 2.51. The van der Waals surface area contributed by atoms with Crippen molar-refractivity contribution in [2.75, 3.05) is 29.5 Å². The van der Waals surface area contributed by atoms with E-state index in [9.17, 15) is 28.0 Å². The molecule has 9 nitrogen and oxygen atoms in total. The van der Waals surface area contributed by atoms with E-state index < -0.39 is 34.4 Å². The smallest absolute Gasteiger partial charge is 0.417 e. The minimum absolute atomic E-state index is 0.0286. The zero-order valence-corrected chi connectivity index (χ0v) is 34.1. The second kappa shape index (κ2) is 17.0. The van der Waals surface area contributed by atoms with Crippen LogP contribution in [0.5, 0.6) is 5.75 Å². The van der Waals surface area contributed by atoms with Gasteiger partial charge in [0.15, 0.2) is 5.11 Å². The normalized spacial score (nSPS) is 19.4. The van der Waals surface area contributed by atoms with Crippen molar-refractivity contribution in [1.82, 2.24) is 9.80 Å². The Hall–Kier alpha value is -4.67. The number of hydrogen-bond donors (Lipinski definition) is 0. The molecule has 2 aliphatic heterocycles. The van der Waals surface area contributed by atoms with Crippen LogP contribution in [0.25, 0.3) is 0 Å². The van der Waals surface area contributed by atoms with Gasteiger partial charge in [-0.25, -0.2) is 4.79 Å². The Morgan fingerprint density at radius 1 is 1.00 bits per heavy atom. The highest BCUT2D eigenvalue weighted by atomic mass is 32.1. The number of piperazine rings is 1. The highest BCUT2D eigenvalue weighted by Crippen LogP contribution is 2.40. The van der Waals surface area contributed by atoms with Crippen LogP contribution in [-0.2, 0) is 22.1 Å². The average Bonchev–Trinajstić information content (AvgIpc) is 3.27. The summed E-state index contributed by atoms with van der Waals surface area (Å²) in [7, 11) is 0. The van der Waals surface area contributed by atoms with Gasteiger partial charge < -0.3 is 19.3 Å². The number of thiocarbonyl (C=S) groups is 1. The molecule has 2 unspecified atom stereocenters. The number of nitrogens with zero attached hydrogens (tertiary/aromatic N) is 5. The third-order valence-electron chi connectivity index (χ3n) is 9.63. The summed E-state index contributed by atoms with van der Waals surface area (Å²) in [6.07, 6.45) is -4.48. The summed E-state index contributed by atoms with van der Waals surface area (Å²) in [6.45, 7) is 20.8. The molecule has 2 amide bonds. The van der Waals surface area contributed by atoms with Gasteiger partial charge in [-0.1, -0.05) is 42.8 Å². The van der Waals surface area contributed by atoms with Gasteiger partial charge in [-0.3, -0.25) is 14.6 Å². The maximum absolute atomic E-state index is 13.7. The molecule has 0 spiro atoms. The van der Waals surface area contributed by atoms with Crippen molar-refractivity contribution in [3.63, 3.8) is 0 Å². The van der Waals surface area contributed by atoms with E-state index >= 15 is 0 Å². The molecular formula is C42H52F3N5O4S. The van der Waals surface area contributed by atoms with Gasteiger partial charge in [0.05, 0.1) is 22.9 Å². The van der Waals surface area contributed by atoms with Gasteiger partial charge in [-0.15, -0.1) is 0 Å². The van der Waals surface area contributed by atoms with E-state index in [0.717, 1.165) is 22.6 Å². The molecular weight excluding hydrogens is 728 g/mol. The third kappa shape index (κ3) is 9.96. The van der Waals surface area contributed by atoms with E-state index in [1.54, 1.807) is 35.8 Å². The fourth-order valence-electron chi connectivity index (χ4n) is 6.83. The van der Waals surface area contributed by atoms with E-state index in [4.69, 9.17) is 21.7 Å². The number of benzene rings is 3. The molecule has 2 saturated heterocycles. The first-order valence-electron chi connectivity index (χ1n) is 18.4. The van der Waals surface area contributed by atoms with Gasteiger partial charge in [0.2, 0.25) is 0 Å². The van der Waals surface area contributed by atoms with Crippen LogP contribution >= 0.6 is 12.2 Å². The average molecular weight is 780 g/mol. The summed E-state index contributed by atoms with van der Waals surface area (Å²) in [4.78, 5) is 33.3. The summed E-state index contributed by atoms with van der Waals surface area (Å²) in [5, 5.41) is 9.24. The van der Waals surface area contributed by atoms with E-state index in [1.165, 1.54) is 11.6 Å². The standard InChI is InChI=1S/C35H44F3N5O4S.C7H8/c1-10-24-15-27(43-31(48)42(30(44)34(43,8)9)26-12-11-25(17-39)28(16-26)35(36,37)38)13-14-29(24)46-20-23(4)40-18-21(2)41(22(3)19-40)32(45)47-33(5,6)7;1-7-5-3-2-4-6-7/h11-16,21-23H,10,18-20H2,1-9H3;2-6H,1H3/t21?,22?,23-;/m1./s1. The zero-order chi connectivity index (χ0) is 41.0. The van der Waals surface area contributed by atoms with Crippen LogP contribution in [0.15, 0.2) is 66.7 Å². The molecule has 3 atom stereocenters. The van der Waals surface area contributed by atoms with E-state index in [-0.39, 0.29) is 35.0 Å². The van der Waals surface area contributed by atoms with Crippen molar-refractivity contribution in [3.05, 3.63) is 89.0 Å². The monoisotopic (exact) mass is 779 g/mol. The number of carbonyl (C=O) groups excluding carboxylic acids is 2. The molecule has 0 saturated carbocycles. The van der Waals surface area contributed by atoms with E-state index in [0.29, 0.717) is 37.6 Å². The quantitative estimate of drug-likeness (QED) is 0.220. The second-order valence-electron chi connectivity index (χ2n) is 15.7. The zero-order valence-electron chi connectivity index (χ0n) is 33.3. The second-order valence-corrected chi connectivity index (χ2v) is 16.0. The summed E-state index contributed by atoms with van der Waals surface area (Å²) in [6, 6.07) is 20.4. The van der Waals surface area contributed by atoms with Gasteiger partial charge in [0.25, 0.3) is 5.91 Å². The fourth-order valence-corrected chi connectivity index (χ4v) is 7.35. The Balaban J connectivity index is 0.000000862. The number of rotatable bonds is 7. The lowest BCUT2D eigenvalue weighted by Crippen LogP contribution is -2.61. The van der Waals surface area contributed by atoms with Gasteiger partial charge in [0.1, 0.15) is 23.5 Å². The molecule has 3 aromatic rings. The van der Waals surface area contributed by atoms with Crippen molar-refractivity contribution in [2.24, 2.45) is 0 Å². The maximum Gasteiger partial charge on any atom is 0.417 e. The van der Waals surface area contributed by atoms with Gasteiger partial charge in [0, 0.05) is 36.9 Å². The van der Waals surface area contributed by atoms with Crippen LogP contribution < -0.4 is 14.5 Å². The molecule has 0 aliphatic carbocycles. The minimum atomic E-state index is -4.78. The SMILES string of the molecule is CCc1cc(N2C(=S)N(c3ccc(C#N)c(C(F)(F)F)c3)C(=O)C2(C)C)ccc1OC[C@@H](C)N1CC(C)N(C(=O)OC(C)(C)C)C(C)C1.Cc1ccccc1.